The van der Waals surface area contributed by atoms with Crippen molar-refractivity contribution in [3.63, 3.8) is 0 Å². The number of benzene rings is 2. The molecule has 0 aliphatic heterocycles. The van der Waals surface area contributed by atoms with Crippen molar-refractivity contribution < 1.29 is 14.3 Å². The first-order valence-corrected chi connectivity index (χ1v) is 13.3. The number of anilines is 4. The number of rotatable bonds is 11. The number of fused-ring (bicyclic) bond motifs is 1. The Bertz CT molecular complexity index is 1500. The lowest BCUT2D eigenvalue weighted by atomic mass is 10.1. The average Bonchev–Trinajstić information content (AvgIpc) is 3.26. The molecular weight excluding hydrogens is 506 g/mol. The molecule has 212 valence electrons. The van der Waals surface area contributed by atoms with Crippen molar-refractivity contribution in [2.24, 2.45) is 13.0 Å². The standard InChI is InChI=1S/C30H39N7O3/c1-19(2)18-40-29(38)21-16-32-30(34-28(21)22-17-37(6)25-11-9-8-10-20(22)25)33-24-14-23(31)26(15-27(24)39-7)36(5)13-12-35(3)4/h8-11,14-17,19H,12-13,18,31H2,1-7H3,(H,32,33,34). The fraction of sp³-hybridized carbons (Fsp3) is 0.367. The maximum Gasteiger partial charge on any atom is 0.341 e. The van der Waals surface area contributed by atoms with Crippen LogP contribution in [0.15, 0.2) is 48.8 Å². The molecule has 10 heteroatoms. The summed E-state index contributed by atoms with van der Waals surface area (Å²) in [5, 5.41) is 4.22. The maximum absolute atomic E-state index is 13.1. The Balaban J connectivity index is 1.74. The van der Waals surface area contributed by atoms with Crippen molar-refractivity contribution in [1.29, 1.82) is 0 Å². The van der Waals surface area contributed by atoms with Crippen LogP contribution in [0.2, 0.25) is 0 Å². The number of aryl methyl sites for hydroxylation is 1. The molecule has 10 nitrogen and oxygen atoms in total. The third kappa shape index (κ3) is 6.28. The number of nitrogens with one attached hydrogen (secondary N) is 1. The molecule has 4 rings (SSSR count). The van der Waals surface area contributed by atoms with Crippen LogP contribution in [0, 0.1) is 5.92 Å². The van der Waals surface area contributed by atoms with Gasteiger partial charge in [-0.3, -0.25) is 0 Å². The van der Waals surface area contributed by atoms with Gasteiger partial charge in [0.1, 0.15) is 11.3 Å². The summed E-state index contributed by atoms with van der Waals surface area (Å²) in [4.78, 5) is 26.6. The first kappa shape index (κ1) is 28.7. The summed E-state index contributed by atoms with van der Waals surface area (Å²) in [5.74, 6) is 0.635. The van der Waals surface area contributed by atoms with E-state index in [2.05, 4.69) is 20.1 Å². The van der Waals surface area contributed by atoms with E-state index in [1.807, 2.05) is 89.2 Å². The molecular formula is C30H39N7O3. The second-order valence-electron chi connectivity index (χ2n) is 10.6. The van der Waals surface area contributed by atoms with Gasteiger partial charge in [0.25, 0.3) is 0 Å². The summed E-state index contributed by atoms with van der Waals surface area (Å²) in [5.41, 5.74) is 11.1. The molecule has 0 spiro atoms. The Hall–Kier alpha value is -4.31. The molecule has 0 atom stereocenters. The zero-order valence-electron chi connectivity index (χ0n) is 24.4. The largest absolute Gasteiger partial charge is 0.494 e. The smallest absolute Gasteiger partial charge is 0.341 e. The van der Waals surface area contributed by atoms with Crippen molar-refractivity contribution in [2.45, 2.75) is 13.8 Å². The number of likely N-dealkylation sites (N-methyl/N-ethyl adjacent to an activating group) is 2. The van der Waals surface area contributed by atoms with E-state index in [1.165, 1.54) is 6.20 Å². The number of hydrogen-bond acceptors (Lipinski definition) is 9. The molecule has 2 heterocycles. The van der Waals surface area contributed by atoms with Crippen molar-refractivity contribution in [3.05, 3.63) is 54.4 Å². The predicted octanol–water partition coefficient (Wildman–Crippen LogP) is 4.78. The van der Waals surface area contributed by atoms with E-state index in [-0.39, 0.29) is 5.92 Å². The number of nitrogens with zero attached hydrogens (tertiary/aromatic N) is 5. The molecule has 0 unspecified atom stereocenters. The fourth-order valence-corrected chi connectivity index (χ4v) is 4.42. The van der Waals surface area contributed by atoms with Gasteiger partial charge in [-0.05, 0) is 32.1 Å². The highest BCUT2D eigenvalue weighted by molar-refractivity contribution is 6.03. The van der Waals surface area contributed by atoms with Crippen molar-refractivity contribution >= 4 is 39.9 Å². The number of para-hydroxylation sites is 1. The lowest BCUT2D eigenvalue weighted by Crippen LogP contribution is -2.29. The second kappa shape index (κ2) is 12.3. The van der Waals surface area contributed by atoms with Crippen LogP contribution in [0.25, 0.3) is 22.2 Å². The Morgan fingerprint density at radius 2 is 1.90 bits per heavy atom. The van der Waals surface area contributed by atoms with Gasteiger partial charge in [-0.25, -0.2) is 14.8 Å². The number of ether oxygens (including phenoxy) is 2. The van der Waals surface area contributed by atoms with Gasteiger partial charge in [0.2, 0.25) is 5.95 Å². The van der Waals surface area contributed by atoms with Crippen LogP contribution >= 0.6 is 0 Å². The van der Waals surface area contributed by atoms with Crippen LogP contribution in [0.4, 0.5) is 23.0 Å². The van der Waals surface area contributed by atoms with Crippen molar-refractivity contribution in [1.82, 2.24) is 19.4 Å². The number of methoxy groups -OCH3 is 1. The number of hydrogen-bond donors (Lipinski definition) is 2. The monoisotopic (exact) mass is 545 g/mol. The summed E-state index contributed by atoms with van der Waals surface area (Å²) >= 11 is 0. The molecule has 0 amide bonds. The summed E-state index contributed by atoms with van der Waals surface area (Å²) < 4.78 is 13.3. The highest BCUT2D eigenvalue weighted by Crippen LogP contribution is 2.37. The Morgan fingerprint density at radius 3 is 2.60 bits per heavy atom. The lowest BCUT2D eigenvalue weighted by Gasteiger charge is -2.24. The molecule has 3 N–H and O–H groups in total. The molecule has 0 radical (unpaired) electrons. The van der Waals surface area contributed by atoms with Gasteiger partial charge in [-0.15, -0.1) is 0 Å². The van der Waals surface area contributed by atoms with Gasteiger partial charge >= 0.3 is 5.97 Å². The molecule has 4 aromatic rings. The number of esters is 1. The van der Waals surface area contributed by atoms with E-state index >= 15 is 0 Å². The van der Waals surface area contributed by atoms with Crippen LogP contribution in [-0.4, -0.2) is 73.4 Å². The Morgan fingerprint density at radius 1 is 1.15 bits per heavy atom. The average molecular weight is 546 g/mol. The van der Waals surface area contributed by atoms with Gasteiger partial charge in [-0.2, -0.15) is 0 Å². The minimum Gasteiger partial charge on any atom is -0.494 e. The van der Waals surface area contributed by atoms with E-state index in [4.69, 9.17) is 20.2 Å². The number of carbonyl (C=O) groups excluding carboxylic acids is 1. The van der Waals surface area contributed by atoms with Crippen molar-refractivity contribution in [3.8, 4) is 17.0 Å². The van der Waals surface area contributed by atoms with E-state index in [1.54, 1.807) is 7.11 Å². The van der Waals surface area contributed by atoms with Gasteiger partial charge in [0.05, 0.1) is 36.5 Å². The van der Waals surface area contributed by atoms with Crippen LogP contribution in [-0.2, 0) is 11.8 Å². The second-order valence-corrected chi connectivity index (χ2v) is 10.6. The zero-order valence-corrected chi connectivity index (χ0v) is 24.4. The number of nitrogens with two attached hydrogens (primary N) is 1. The third-order valence-corrected chi connectivity index (χ3v) is 6.60. The molecule has 0 aliphatic rings. The van der Waals surface area contributed by atoms with Gasteiger partial charge in [0, 0.05) is 62.1 Å². The number of aromatic nitrogens is 3. The van der Waals surface area contributed by atoms with Crippen molar-refractivity contribution in [2.75, 3.05) is 63.9 Å². The van der Waals surface area contributed by atoms with E-state index in [0.29, 0.717) is 40.9 Å². The first-order valence-electron chi connectivity index (χ1n) is 13.3. The molecule has 0 bridgehead atoms. The minimum atomic E-state index is -0.463. The maximum atomic E-state index is 13.1. The molecule has 40 heavy (non-hydrogen) atoms. The fourth-order valence-electron chi connectivity index (χ4n) is 4.42. The zero-order chi connectivity index (χ0) is 29.0. The quantitative estimate of drug-likeness (QED) is 0.203. The molecule has 2 aromatic heterocycles. The Kier molecular flexibility index (Phi) is 8.79. The van der Waals surface area contributed by atoms with E-state index < -0.39 is 5.97 Å². The van der Waals surface area contributed by atoms with Gasteiger partial charge in [-0.1, -0.05) is 32.0 Å². The SMILES string of the molecule is COc1cc(N(C)CCN(C)C)c(N)cc1Nc1ncc(C(=O)OCC(C)C)c(-c2cn(C)c3ccccc23)n1. The van der Waals surface area contributed by atoms with E-state index in [9.17, 15) is 4.79 Å². The highest BCUT2D eigenvalue weighted by Gasteiger charge is 2.22. The van der Waals surface area contributed by atoms with Crippen LogP contribution in [0.5, 0.6) is 5.75 Å². The summed E-state index contributed by atoms with van der Waals surface area (Å²) in [6.45, 7) is 5.98. The van der Waals surface area contributed by atoms with Crippen LogP contribution in [0.3, 0.4) is 0 Å². The normalized spacial score (nSPS) is 11.3. The summed E-state index contributed by atoms with van der Waals surface area (Å²) in [7, 11) is 9.64. The first-order chi connectivity index (χ1) is 19.1. The molecule has 0 saturated heterocycles. The van der Waals surface area contributed by atoms with Gasteiger partial charge < -0.3 is 34.9 Å². The highest BCUT2D eigenvalue weighted by atomic mass is 16.5. The third-order valence-electron chi connectivity index (χ3n) is 6.60. The predicted molar refractivity (Wildman–Crippen MR) is 162 cm³/mol. The summed E-state index contributed by atoms with van der Waals surface area (Å²) in [6.07, 6.45) is 3.47. The summed E-state index contributed by atoms with van der Waals surface area (Å²) in [6, 6.07) is 11.7. The van der Waals surface area contributed by atoms with Crippen LogP contribution < -0.4 is 20.7 Å². The van der Waals surface area contributed by atoms with Gasteiger partial charge in [0.15, 0.2) is 0 Å². The topological polar surface area (TPSA) is 111 Å². The van der Waals surface area contributed by atoms with Crippen LogP contribution in [0.1, 0.15) is 24.2 Å². The van der Waals surface area contributed by atoms with E-state index in [0.717, 1.165) is 35.2 Å². The molecule has 0 fully saturated rings. The lowest BCUT2D eigenvalue weighted by molar-refractivity contribution is 0.0459. The number of nitrogen functional groups attached to an aromatic ring is 1. The molecule has 0 aliphatic carbocycles. The molecule has 0 saturated carbocycles. The number of carbonyl (C=O) groups is 1. The Labute approximate surface area is 235 Å². The molecule has 2 aromatic carbocycles. The minimum absolute atomic E-state index is 0.203.